The molecular formula is C110H76. The molecule has 0 nitrogen and oxygen atoms in total. The van der Waals surface area contributed by atoms with Crippen molar-refractivity contribution < 1.29 is 0 Å². The van der Waals surface area contributed by atoms with Crippen LogP contribution in [0.3, 0.4) is 0 Å². The molecule has 110 heavy (non-hydrogen) atoms. The van der Waals surface area contributed by atoms with E-state index in [1.165, 1.54) is 220 Å². The molecule has 0 unspecified atom stereocenters. The van der Waals surface area contributed by atoms with Crippen molar-refractivity contribution in [3.05, 3.63) is 411 Å². The van der Waals surface area contributed by atoms with Crippen molar-refractivity contribution in [3.8, 4) is 111 Å². The number of fused-ring (bicyclic) bond motifs is 15. The van der Waals surface area contributed by atoms with Crippen LogP contribution in [-0.2, 0) is 10.8 Å². The normalized spacial score (nSPS) is 13.1. The van der Waals surface area contributed by atoms with E-state index in [0.717, 1.165) is 0 Å². The Morgan fingerprint density at radius 1 is 0.136 bits per heavy atom. The summed E-state index contributed by atoms with van der Waals surface area (Å²) in [7, 11) is 0. The molecule has 2 aliphatic rings. The summed E-state index contributed by atoms with van der Waals surface area (Å²) in [6, 6.07) is 144. The third-order valence-corrected chi connectivity index (χ3v) is 24.5. The molecule has 0 heterocycles. The minimum absolute atomic E-state index is 0.0303. The highest BCUT2D eigenvalue weighted by Gasteiger charge is 2.38. The molecule has 0 amide bonds. The van der Waals surface area contributed by atoms with Gasteiger partial charge in [0.15, 0.2) is 0 Å². The first-order chi connectivity index (χ1) is 54.1. The van der Waals surface area contributed by atoms with Gasteiger partial charge in [0.2, 0.25) is 0 Å². The lowest BCUT2D eigenvalue weighted by molar-refractivity contribution is 0.661. The lowest BCUT2D eigenvalue weighted by Crippen LogP contribution is -2.14. The Bertz CT molecular complexity index is 7140. The predicted octanol–water partition coefficient (Wildman–Crippen LogP) is 30.5. The van der Waals surface area contributed by atoms with Gasteiger partial charge in [-0.1, -0.05) is 380 Å². The van der Waals surface area contributed by atoms with Crippen LogP contribution >= 0.6 is 0 Å². The molecule has 20 aromatic rings. The Hall–Kier alpha value is -13.5. The first-order valence-corrected chi connectivity index (χ1v) is 38.7. The molecule has 0 aromatic heterocycles. The zero-order valence-electron chi connectivity index (χ0n) is 62.0. The van der Waals surface area contributed by atoms with Gasteiger partial charge in [0.25, 0.3) is 0 Å². The zero-order chi connectivity index (χ0) is 73.3. The van der Waals surface area contributed by atoms with E-state index in [0.29, 0.717) is 0 Å². The third-order valence-electron chi connectivity index (χ3n) is 24.5. The largest absolute Gasteiger partial charge is 0.0622 e. The average Bonchev–Trinajstić information content (AvgIpc) is 1.52. The van der Waals surface area contributed by atoms with E-state index in [-0.39, 0.29) is 10.8 Å². The summed E-state index contributed by atoms with van der Waals surface area (Å²) < 4.78 is 0. The van der Waals surface area contributed by atoms with Crippen molar-refractivity contribution in [1.82, 2.24) is 0 Å². The van der Waals surface area contributed by atoms with Gasteiger partial charge in [-0.25, -0.2) is 0 Å². The fourth-order valence-corrected chi connectivity index (χ4v) is 19.0. The molecule has 22 rings (SSSR count). The van der Waals surface area contributed by atoms with Crippen LogP contribution in [-0.4, -0.2) is 0 Å². The first-order valence-electron chi connectivity index (χ1n) is 38.7. The molecule has 0 heteroatoms. The second-order valence-corrected chi connectivity index (χ2v) is 31.3. The van der Waals surface area contributed by atoms with Crippen LogP contribution in [0.5, 0.6) is 0 Å². The van der Waals surface area contributed by atoms with E-state index in [2.05, 4.69) is 416 Å². The van der Waals surface area contributed by atoms with Gasteiger partial charge in [-0.15, -0.1) is 0 Å². The van der Waals surface area contributed by atoms with E-state index in [1.807, 2.05) is 0 Å². The number of hydrogen-bond donors (Lipinski definition) is 0. The Balaban J connectivity index is 0.000000141. The molecule has 0 bridgehead atoms. The molecule has 0 aliphatic heterocycles. The Morgan fingerprint density at radius 2 is 0.445 bits per heavy atom. The average molecular weight is 1400 g/mol. The second kappa shape index (κ2) is 25.6. The molecule has 20 aromatic carbocycles. The van der Waals surface area contributed by atoms with Crippen molar-refractivity contribution in [2.24, 2.45) is 0 Å². The summed E-state index contributed by atoms with van der Waals surface area (Å²) in [4.78, 5) is 0. The second-order valence-electron chi connectivity index (χ2n) is 31.3. The molecule has 0 saturated heterocycles. The molecule has 0 N–H and O–H groups in total. The summed E-state index contributed by atoms with van der Waals surface area (Å²) in [5.41, 5.74) is 31.0. The fraction of sp³-hybridized carbons (Fsp3) is 0.0545. The zero-order valence-corrected chi connectivity index (χ0v) is 62.0. The summed E-state index contributed by atoms with van der Waals surface area (Å²) in [5.74, 6) is 0. The van der Waals surface area contributed by atoms with Crippen LogP contribution in [0.15, 0.2) is 388 Å². The van der Waals surface area contributed by atoms with Crippen molar-refractivity contribution in [1.29, 1.82) is 0 Å². The van der Waals surface area contributed by atoms with Gasteiger partial charge in [-0.05, 0) is 256 Å². The standard InChI is InChI=1S/C59H40.C51H36/c1-59(2)55-32-30-44(34-52(55)53-33-41-15-3-4-16-42(41)36-56(53)59)38-27-25-37(26-28-38)43-29-31-51-54(35-43)58(48-24-12-18-40-14-6-8-20-46(40)48)50-22-10-9-21-49(50)57(51)47-23-11-17-39-13-5-7-19-45(39)47;1-51(2)46-29-27-39(32-45(46)50-40-18-10-9-13-35(40)26-30-47(50)51)34-23-21-33(22-24-34)38-25-28-43-44(31-38)49(37-16-7-4-8-17-37)42-20-12-11-19-41(42)48(43)36-14-5-3-6-15-36/h3-36H,1-2H3;3-32H,1-2H3. The van der Waals surface area contributed by atoms with Gasteiger partial charge < -0.3 is 0 Å². The number of benzene rings is 20. The summed E-state index contributed by atoms with van der Waals surface area (Å²) in [5, 5.41) is 20.4. The van der Waals surface area contributed by atoms with Crippen molar-refractivity contribution in [3.63, 3.8) is 0 Å². The number of hydrogen-bond acceptors (Lipinski definition) is 0. The fourth-order valence-electron chi connectivity index (χ4n) is 19.0. The molecule has 2 aliphatic carbocycles. The molecule has 0 fully saturated rings. The first kappa shape index (κ1) is 64.8. The van der Waals surface area contributed by atoms with Gasteiger partial charge in [-0.3, -0.25) is 0 Å². The van der Waals surface area contributed by atoms with Crippen LogP contribution in [0, 0.1) is 0 Å². The number of rotatable bonds is 8. The topological polar surface area (TPSA) is 0 Å². The molecule has 0 radical (unpaired) electrons. The highest BCUT2D eigenvalue weighted by Crippen LogP contribution is 2.55. The van der Waals surface area contributed by atoms with Crippen LogP contribution in [0.2, 0.25) is 0 Å². The van der Waals surface area contributed by atoms with Gasteiger partial charge in [-0.2, -0.15) is 0 Å². The van der Waals surface area contributed by atoms with Crippen molar-refractivity contribution in [2.45, 2.75) is 38.5 Å². The maximum absolute atomic E-state index is 2.45. The lowest BCUT2D eigenvalue weighted by Gasteiger charge is -2.22. The molecule has 0 saturated carbocycles. The Morgan fingerprint density at radius 3 is 0.955 bits per heavy atom. The molecular weight excluding hydrogens is 1320 g/mol. The smallest absolute Gasteiger partial charge is 0.0159 e. The van der Waals surface area contributed by atoms with E-state index in [4.69, 9.17) is 0 Å². The van der Waals surface area contributed by atoms with Crippen LogP contribution in [0.4, 0.5) is 0 Å². The van der Waals surface area contributed by atoms with E-state index >= 15 is 0 Å². The maximum Gasteiger partial charge on any atom is 0.0159 e. The minimum Gasteiger partial charge on any atom is -0.0622 e. The lowest BCUT2D eigenvalue weighted by atomic mass is 9.81. The maximum atomic E-state index is 2.45. The SMILES string of the molecule is CC1(C)c2ccc(-c3ccc(-c4ccc5c(-c6cccc7ccccc67)c6ccccc6c(-c6cccc7ccccc67)c5c4)cc3)cc2-c2cc3ccccc3cc21.CC1(C)c2ccc(-c3ccc(-c4ccc5c(-c6ccccc6)c6ccccc6c(-c6ccccc6)c5c4)cc3)cc2-c2c1ccc1ccccc21. The van der Waals surface area contributed by atoms with Gasteiger partial charge in [0.1, 0.15) is 0 Å². The predicted molar refractivity (Wildman–Crippen MR) is 472 cm³/mol. The van der Waals surface area contributed by atoms with E-state index in [9.17, 15) is 0 Å². The minimum atomic E-state index is -0.0448. The molecule has 516 valence electrons. The van der Waals surface area contributed by atoms with E-state index < -0.39 is 0 Å². The highest BCUT2D eigenvalue weighted by atomic mass is 14.4. The Labute approximate surface area is 642 Å². The quantitative estimate of drug-likeness (QED) is 0.133. The van der Waals surface area contributed by atoms with Crippen LogP contribution < -0.4 is 0 Å². The summed E-state index contributed by atoms with van der Waals surface area (Å²) >= 11 is 0. The monoisotopic (exact) mass is 1400 g/mol. The van der Waals surface area contributed by atoms with Crippen molar-refractivity contribution in [2.75, 3.05) is 0 Å². The van der Waals surface area contributed by atoms with Crippen LogP contribution in [0.25, 0.3) is 197 Å². The molecule has 0 spiro atoms. The van der Waals surface area contributed by atoms with E-state index in [1.54, 1.807) is 0 Å². The van der Waals surface area contributed by atoms with Crippen LogP contribution in [0.1, 0.15) is 49.9 Å². The van der Waals surface area contributed by atoms with Gasteiger partial charge >= 0.3 is 0 Å². The highest BCUT2D eigenvalue weighted by molar-refractivity contribution is 6.26. The summed E-state index contributed by atoms with van der Waals surface area (Å²) in [6.07, 6.45) is 0. The van der Waals surface area contributed by atoms with Crippen molar-refractivity contribution >= 4 is 86.2 Å². The van der Waals surface area contributed by atoms with Gasteiger partial charge in [0.05, 0.1) is 0 Å². The Kier molecular flexibility index (Phi) is 15.1. The third kappa shape index (κ3) is 10.4. The van der Waals surface area contributed by atoms with Gasteiger partial charge in [0, 0.05) is 10.8 Å². The summed E-state index contributed by atoms with van der Waals surface area (Å²) in [6.45, 7) is 9.45. The molecule has 0 atom stereocenters.